The summed E-state index contributed by atoms with van der Waals surface area (Å²) in [4.78, 5) is 0.400. The number of aliphatic hydroxyl groups excluding tert-OH is 1. The van der Waals surface area contributed by atoms with Crippen molar-refractivity contribution in [2.45, 2.75) is 42.2 Å². The van der Waals surface area contributed by atoms with Gasteiger partial charge < -0.3 is 5.11 Å². The lowest BCUT2D eigenvalue weighted by atomic mass is 9.86. The summed E-state index contributed by atoms with van der Waals surface area (Å²) in [7, 11) is -3.10. The van der Waals surface area contributed by atoms with Gasteiger partial charge in [-0.3, -0.25) is 0 Å². The number of sulfone groups is 1. The second kappa shape index (κ2) is 4.10. The molecule has 0 aliphatic heterocycles. The van der Waals surface area contributed by atoms with Crippen LogP contribution in [0.5, 0.6) is 0 Å². The smallest absolute Gasteiger partial charge is 0.181 e. The molecule has 4 heteroatoms. The van der Waals surface area contributed by atoms with E-state index in [1.54, 1.807) is 24.3 Å². The van der Waals surface area contributed by atoms with Crippen molar-refractivity contribution in [3.63, 3.8) is 0 Å². The molecule has 0 aromatic heterocycles. The summed E-state index contributed by atoms with van der Waals surface area (Å²) in [6.45, 7) is 3.90. The molecule has 94 valence electrons. The highest BCUT2D eigenvalue weighted by Crippen LogP contribution is 2.34. The van der Waals surface area contributed by atoms with E-state index in [9.17, 15) is 13.5 Å². The first kappa shape index (κ1) is 12.6. The number of hydrogen-bond donors (Lipinski definition) is 1. The SMILES string of the molecule is CC(C)(CO)c1ccc(S(=O)(=O)C2CC2)cc1. The largest absolute Gasteiger partial charge is 0.395 e. The lowest BCUT2D eigenvalue weighted by Crippen LogP contribution is -2.22. The average molecular weight is 254 g/mol. The molecule has 0 spiro atoms. The molecule has 0 radical (unpaired) electrons. The normalized spacial score (nSPS) is 17.1. The van der Waals surface area contributed by atoms with Crippen molar-refractivity contribution in [2.75, 3.05) is 6.61 Å². The van der Waals surface area contributed by atoms with E-state index in [0.717, 1.165) is 18.4 Å². The zero-order valence-electron chi connectivity index (χ0n) is 10.2. The van der Waals surface area contributed by atoms with E-state index in [4.69, 9.17) is 0 Å². The van der Waals surface area contributed by atoms with E-state index >= 15 is 0 Å². The standard InChI is InChI=1S/C13H18O3S/c1-13(2,9-14)10-3-5-11(6-4-10)17(15,16)12-7-8-12/h3-6,12,14H,7-9H2,1-2H3. The van der Waals surface area contributed by atoms with E-state index < -0.39 is 9.84 Å². The van der Waals surface area contributed by atoms with Crippen molar-refractivity contribution in [1.82, 2.24) is 0 Å². The summed E-state index contributed by atoms with van der Waals surface area (Å²) in [5, 5.41) is 9.09. The zero-order valence-corrected chi connectivity index (χ0v) is 11.0. The molecule has 1 fully saturated rings. The Morgan fingerprint density at radius 3 is 2.18 bits per heavy atom. The first-order valence-electron chi connectivity index (χ1n) is 5.83. The summed E-state index contributed by atoms with van der Waals surface area (Å²) in [6, 6.07) is 6.90. The molecule has 1 N–H and O–H groups in total. The molecular formula is C13H18O3S. The third kappa shape index (κ3) is 2.38. The number of rotatable bonds is 4. The van der Waals surface area contributed by atoms with Gasteiger partial charge in [-0.25, -0.2) is 8.42 Å². The summed E-state index contributed by atoms with van der Waals surface area (Å²) in [6.07, 6.45) is 1.57. The van der Waals surface area contributed by atoms with E-state index in [1.165, 1.54) is 0 Å². The predicted octanol–water partition coefficient (Wildman–Crippen LogP) is 1.89. The Morgan fingerprint density at radius 1 is 1.24 bits per heavy atom. The number of benzene rings is 1. The third-order valence-corrected chi connectivity index (χ3v) is 5.60. The Hall–Kier alpha value is -0.870. The van der Waals surface area contributed by atoms with Crippen LogP contribution < -0.4 is 0 Å². The van der Waals surface area contributed by atoms with Crippen molar-refractivity contribution in [2.24, 2.45) is 0 Å². The van der Waals surface area contributed by atoms with Gasteiger partial charge in [-0.15, -0.1) is 0 Å². The van der Waals surface area contributed by atoms with Crippen molar-refractivity contribution in [1.29, 1.82) is 0 Å². The minimum absolute atomic E-state index is 0.0434. The molecule has 0 bridgehead atoms. The Kier molecular flexibility index (Phi) is 3.04. The molecule has 0 amide bonds. The number of hydrogen-bond acceptors (Lipinski definition) is 3. The highest BCUT2D eigenvalue weighted by Gasteiger charge is 2.36. The molecule has 0 atom stereocenters. The van der Waals surface area contributed by atoms with Crippen LogP contribution in [-0.2, 0) is 15.3 Å². The molecule has 0 unspecified atom stereocenters. The predicted molar refractivity (Wildman–Crippen MR) is 66.8 cm³/mol. The molecule has 2 rings (SSSR count). The van der Waals surface area contributed by atoms with Gasteiger partial charge in [-0.2, -0.15) is 0 Å². The molecule has 1 aromatic rings. The third-order valence-electron chi connectivity index (χ3n) is 3.32. The van der Waals surface area contributed by atoms with Crippen molar-refractivity contribution >= 4 is 9.84 Å². The summed E-state index contributed by atoms with van der Waals surface area (Å²) >= 11 is 0. The van der Waals surface area contributed by atoms with Crippen molar-refractivity contribution in [3.8, 4) is 0 Å². The molecule has 1 aromatic carbocycles. The van der Waals surface area contributed by atoms with Crippen LogP contribution in [-0.4, -0.2) is 25.4 Å². The number of aliphatic hydroxyl groups is 1. The van der Waals surface area contributed by atoms with Crippen LogP contribution in [0.3, 0.4) is 0 Å². The fourth-order valence-electron chi connectivity index (χ4n) is 1.76. The highest BCUT2D eigenvalue weighted by molar-refractivity contribution is 7.92. The van der Waals surface area contributed by atoms with E-state index in [0.29, 0.717) is 4.90 Å². The molecule has 0 heterocycles. The zero-order chi connectivity index (χ0) is 12.7. The molecular weight excluding hydrogens is 236 g/mol. The quantitative estimate of drug-likeness (QED) is 0.892. The summed E-state index contributed by atoms with van der Waals surface area (Å²) in [5.41, 5.74) is 0.622. The van der Waals surface area contributed by atoms with Crippen molar-refractivity contribution in [3.05, 3.63) is 29.8 Å². The van der Waals surface area contributed by atoms with Gasteiger partial charge >= 0.3 is 0 Å². The molecule has 17 heavy (non-hydrogen) atoms. The van der Waals surface area contributed by atoms with Gasteiger partial charge in [-0.05, 0) is 30.5 Å². The van der Waals surface area contributed by atoms with E-state index in [-0.39, 0.29) is 17.3 Å². The van der Waals surface area contributed by atoms with Gasteiger partial charge in [0.1, 0.15) is 0 Å². The van der Waals surface area contributed by atoms with Gasteiger partial charge in [0, 0.05) is 5.41 Å². The minimum atomic E-state index is -3.10. The minimum Gasteiger partial charge on any atom is -0.395 e. The Bertz CT molecular complexity index is 496. The highest BCUT2D eigenvalue weighted by atomic mass is 32.2. The molecule has 3 nitrogen and oxygen atoms in total. The van der Waals surface area contributed by atoms with Gasteiger partial charge in [0.15, 0.2) is 9.84 Å². The van der Waals surface area contributed by atoms with Gasteiger partial charge in [-0.1, -0.05) is 26.0 Å². The maximum Gasteiger partial charge on any atom is 0.181 e. The Balaban J connectivity index is 2.30. The Morgan fingerprint density at radius 2 is 1.76 bits per heavy atom. The van der Waals surface area contributed by atoms with Crippen LogP contribution in [0.2, 0.25) is 0 Å². The monoisotopic (exact) mass is 254 g/mol. The molecule has 1 saturated carbocycles. The van der Waals surface area contributed by atoms with Crippen molar-refractivity contribution < 1.29 is 13.5 Å². The second-order valence-electron chi connectivity index (χ2n) is 5.31. The molecule has 1 aliphatic carbocycles. The average Bonchev–Trinajstić information content (AvgIpc) is 3.13. The van der Waals surface area contributed by atoms with Gasteiger partial charge in [0.25, 0.3) is 0 Å². The van der Waals surface area contributed by atoms with Crippen LogP contribution in [0.4, 0.5) is 0 Å². The summed E-state index contributed by atoms with van der Waals surface area (Å²) < 4.78 is 24.0. The molecule has 0 saturated heterocycles. The van der Waals surface area contributed by atoms with Crippen LogP contribution >= 0.6 is 0 Å². The Labute approximate surface area is 102 Å². The first-order valence-corrected chi connectivity index (χ1v) is 7.38. The topological polar surface area (TPSA) is 54.4 Å². The lowest BCUT2D eigenvalue weighted by Gasteiger charge is -2.22. The first-order chi connectivity index (χ1) is 7.88. The molecule has 1 aliphatic rings. The second-order valence-corrected chi connectivity index (χ2v) is 7.54. The van der Waals surface area contributed by atoms with Crippen LogP contribution in [0.1, 0.15) is 32.3 Å². The van der Waals surface area contributed by atoms with Gasteiger partial charge in [0.2, 0.25) is 0 Å². The maximum absolute atomic E-state index is 12.0. The van der Waals surface area contributed by atoms with Gasteiger partial charge in [0.05, 0.1) is 16.8 Å². The van der Waals surface area contributed by atoms with E-state index in [1.807, 2.05) is 13.8 Å². The van der Waals surface area contributed by atoms with Crippen LogP contribution in [0.15, 0.2) is 29.2 Å². The fraction of sp³-hybridized carbons (Fsp3) is 0.538. The maximum atomic E-state index is 12.0. The van der Waals surface area contributed by atoms with E-state index in [2.05, 4.69) is 0 Å². The summed E-state index contributed by atoms with van der Waals surface area (Å²) in [5.74, 6) is 0. The van der Waals surface area contributed by atoms with Crippen LogP contribution in [0.25, 0.3) is 0 Å². The van der Waals surface area contributed by atoms with Crippen LogP contribution in [0, 0.1) is 0 Å². The lowest BCUT2D eigenvalue weighted by molar-refractivity contribution is 0.218. The fourth-order valence-corrected chi connectivity index (χ4v) is 3.41.